The fourth-order valence-corrected chi connectivity index (χ4v) is 1.85. The molecule has 0 saturated heterocycles. The topological polar surface area (TPSA) is 60.2 Å². The molecule has 0 atom stereocenters. The van der Waals surface area contributed by atoms with Crippen molar-refractivity contribution in [2.24, 2.45) is 5.14 Å². The predicted octanol–water partition coefficient (Wildman–Crippen LogP) is 1.24. The fraction of sp³-hybridized carbons (Fsp3) is 0. The molecule has 0 aliphatic rings. The lowest BCUT2D eigenvalue weighted by Gasteiger charge is -1.86. The van der Waals surface area contributed by atoms with Crippen molar-refractivity contribution in [2.45, 2.75) is 4.21 Å². The molecular weight excluding hydrogens is 229 g/mol. The first kappa shape index (κ1) is 13.8. The number of primary sulfonamides is 1. The molecule has 1 aromatic heterocycles. The minimum atomic E-state index is -3.44. The number of sulfonamides is 1. The lowest BCUT2D eigenvalue weighted by molar-refractivity contribution is 0.600. The van der Waals surface area contributed by atoms with Crippen molar-refractivity contribution in [1.82, 2.24) is 0 Å². The van der Waals surface area contributed by atoms with Gasteiger partial charge < -0.3 is 0 Å². The molecule has 0 fully saturated rings. The van der Waals surface area contributed by atoms with Crippen LogP contribution in [0.1, 0.15) is 0 Å². The van der Waals surface area contributed by atoms with Gasteiger partial charge in [-0.25, -0.2) is 13.6 Å². The van der Waals surface area contributed by atoms with E-state index >= 15 is 0 Å². The second-order valence-corrected chi connectivity index (χ2v) is 4.21. The fourth-order valence-electron chi connectivity index (χ4n) is 0.425. The predicted molar refractivity (Wildman–Crippen MR) is 50.2 cm³/mol. The van der Waals surface area contributed by atoms with Gasteiger partial charge in [0.1, 0.15) is 4.21 Å². The quantitative estimate of drug-likeness (QED) is 0.797. The zero-order valence-corrected chi connectivity index (χ0v) is 8.52. The molecule has 0 spiro atoms. The molecule has 1 aromatic rings. The van der Waals surface area contributed by atoms with E-state index in [1.54, 1.807) is 11.4 Å². The molecule has 3 nitrogen and oxygen atoms in total. The molecule has 0 bridgehead atoms. The number of thiophene rings is 1. The molecule has 0 unspecified atom stereocenters. The molecular formula is C4H7Cl2NO2S2. The number of rotatable bonds is 1. The van der Waals surface area contributed by atoms with E-state index in [9.17, 15) is 8.42 Å². The van der Waals surface area contributed by atoms with E-state index in [1.807, 2.05) is 0 Å². The van der Waals surface area contributed by atoms with Crippen LogP contribution in [0.4, 0.5) is 0 Å². The molecule has 2 N–H and O–H groups in total. The van der Waals surface area contributed by atoms with Crippen LogP contribution in [0.2, 0.25) is 0 Å². The second kappa shape index (κ2) is 4.95. The summed E-state index contributed by atoms with van der Waals surface area (Å²) >= 11 is 1.12. The largest absolute Gasteiger partial charge is 0.247 e. The van der Waals surface area contributed by atoms with Crippen LogP contribution in [0.15, 0.2) is 21.7 Å². The van der Waals surface area contributed by atoms with E-state index in [1.165, 1.54) is 6.07 Å². The Labute approximate surface area is 81.5 Å². The van der Waals surface area contributed by atoms with Crippen molar-refractivity contribution in [2.75, 3.05) is 0 Å². The van der Waals surface area contributed by atoms with Crippen LogP contribution in [-0.4, -0.2) is 8.42 Å². The first-order valence-corrected chi connectivity index (χ1v) is 4.59. The van der Waals surface area contributed by atoms with Gasteiger partial charge >= 0.3 is 0 Å². The molecule has 11 heavy (non-hydrogen) atoms. The van der Waals surface area contributed by atoms with E-state index in [0.717, 1.165) is 11.3 Å². The number of hydrogen-bond acceptors (Lipinski definition) is 3. The van der Waals surface area contributed by atoms with Gasteiger partial charge in [0.05, 0.1) is 0 Å². The number of hydrogen-bond donors (Lipinski definition) is 1. The van der Waals surface area contributed by atoms with Crippen LogP contribution in [-0.2, 0) is 10.0 Å². The van der Waals surface area contributed by atoms with Gasteiger partial charge in [-0.05, 0) is 11.4 Å². The minimum Gasteiger partial charge on any atom is -0.224 e. The zero-order valence-electron chi connectivity index (χ0n) is 5.26. The minimum absolute atomic E-state index is 0. The molecule has 66 valence electrons. The van der Waals surface area contributed by atoms with Gasteiger partial charge in [-0.15, -0.1) is 36.2 Å². The highest BCUT2D eigenvalue weighted by Crippen LogP contribution is 2.12. The summed E-state index contributed by atoms with van der Waals surface area (Å²) in [6.07, 6.45) is 0. The van der Waals surface area contributed by atoms with Crippen LogP contribution in [0.3, 0.4) is 0 Å². The summed E-state index contributed by atoms with van der Waals surface area (Å²) in [6, 6.07) is 3.12. The highest BCUT2D eigenvalue weighted by Gasteiger charge is 2.05. The van der Waals surface area contributed by atoms with Crippen LogP contribution in [0, 0.1) is 0 Å². The van der Waals surface area contributed by atoms with Crippen molar-refractivity contribution >= 4 is 46.2 Å². The smallest absolute Gasteiger partial charge is 0.224 e. The normalized spacial score (nSPS) is 9.55. The molecule has 0 aromatic carbocycles. The van der Waals surface area contributed by atoms with E-state index in [4.69, 9.17) is 5.14 Å². The molecule has 7 heteroatoms. The van der Waals surface area contributed by atoms with Crippen LogP contribution in [0.5, 0.6) is 0 Å². The Hall–Kier alpha value is 0.190. The Morgan fingerprint density at radius 3 is 2.09 bits per heavy atom. The number of nitrogens with two attached hydrogens (primary N) is 1. The first-order chi connectivity index (χ1) is 4.11. The van der Waals surface area contributed by atoms with Gasteiger partial charge in [0.15, 0.2) is 0 Å². The third-order valence-electron chi connectivity index (χ3n) is 0.775. The van der Waals surface area contributed by atoms with Crippen LogP contribution in [0.25, 0.3) is 0 Å². The van der Waals surface area contributed by atoms with E-state index in [2.05, 4.69) is 0 Å². The maximum absolute atomic E-state index is 10.5. The van der Waals surface area contributed by atoms with E-state index < -0.39 is 10.0 Å². The summed E-state index contributed by atoms with van der Waals surface area (Å²) in [4.78, 5) is 0. The van der Waals surface area contributed by atoms with Crippen molar-refractivity contribution in [3.05, 3.63) is 17.5 Å². The Kier molecular flexibility index (Phi) is 6.19. The van der Waals surface area contributed by atoms with E-state index in [-0.39, 0.29) is 29.0 Å². The highest BCUT2D eigenvalue weighted by atomic mass is 35.5. The first-order valence-electron chi connectivity index (χ1n) is 2.17. The Morgan fingerprint density at radius 1 is 1.36 bits per heavy atom. The van der Waals surface area contributed by atoms with Gasteiger partial charge in [0.25, 0.3) is 0 Å². The zero-order chi connectivity index (χ0) is 6.91. The van der Waals surface area contributed by atoms with E-state index in [0.29, 0.717) is 0 Å². The number of halogens is 2. The Morgan fingerprint density at radius 2 is 1.91 bits per heavy atom. The van der Waals surface area contributed by atoms with Gasteiger partial charge in [-0.2, -0.15) is 0 Å². The molecule has 0 amide bonds. The monoisotopic (exact) mass is 235 g/mol. The van der Waals surface area contributed by atoms with Gasteiger partial charge in [0, 0.05) is 0 Å². The molecule has 1 heterocycles. The second-order valence-electron chi connectivity index (χ2n) is 1.48. The maximum atomic E-state index is 10.5. The van der Waals surface area contributed by atoms with Crippen molar-refractivity contribution in [3.8, 4) is 0 Å². The third kappa shape index (κ3) is 3.93. The highest BCUT2D eigenvalue weighted by molar-refractivity contribution is 7.91. The summed E-state index contributed by atoms with van der Waals surface area (Å²) < 4.78 is 21.2. The molecule has 0 aliphatic carbocycles. The standard InChI is InChI=1S/C4H5NO2S2.2ClH/c5-9(6,7)4-2-1-3-8-4;;/h1-3H,(H2,5,6,7);2*1H. The lowest BCUT2D eigenvalue weighted by Crippen LogP contribution is -2.09. The van der Waals surface area contributed by atoms with Crippen LogP contribution >= 0.6 is 36.2 Å². The average Bonchev–Trinajstić information content (AvgIpc) is 2.08. The van der Waals surface area contributed by atoms with Gasteiger partial charge in [0.2, 0.25) is 10.0 Å². The third-order valence-corrected chi connectivity index (χ3v) is 3.12. The average molecular weight is 236 g/mol. The summed E-state index contributed by atoms with van der Waals surface area (Å²) in [5.41, 5.74) is 0. The van der Waals surface area contributed by atoms with Gasteiger partial charge in [-0.3, -0.25) is 0 Å². The molecule has 1 rings (SSSR count). The summed E-state index contributed by atoms with van der Waals surface area (Å²) in [6.45, 7) is 0. The summed E-state index contributed by atoms with van der Waals surface area (Å²) in [7, 11) is -3.44. The SMILES string of the molecule is Cl.Cl.NS(=O)(=O)c1cccs1. The van der Waals surface area contributed by atoms with Crippen molar-refractivity contribution in [3.63, 3.8) is 0 Å². The molecule has 0 saturated carbocycles. The Balaban J connectivity index is 0. The van der Waals surface area contributed by atoms with Crippen LogP contribution < -0.4 is 5.14 Å². The van der Waals surface area contributed by atoms with Gasteiger partial charge in [-0.1, -0.05) is 6.07 Å². The Bertz CT molecular complexity index is 281. The molecule has 0 radical (unpaired) electrons. The lowest BCUT2D eigenvalue weighted by atomic mass is 10.7. The summed E-state index contributed by atoms with van der Waals surface area (Å²) in [5, 5.41) is 6.45. The van der Waals surface area contributed by atoms with Crippen molar-refractivity contribution < 1.29 is 8.42 Å². The molecule has 0 aliphatic heterocycles. The summed E-state index contributed by atoms with van der Waals surface area (Å²) in [5.74, 6) is 0. The maximum Gasteiger partial charge on any atom is 0.247 e. The van der Waals surface area contributed by atoms with Crippen molar-refractivity contribution in [1.29, 1.82) is 0 Å².